The molecule has 132 heavy (non-hydrogen) atoms. The topological polar surface area (TPSA) is 271 Å². The van der Waals surface area contributed by atoms with Crippen molar-refractivity contribution in [1.82, 2.24) is 73.3 Å². The third-order valence-corrected chi connectivity index (χ3v) is 26.3. The third kappa shape index (κ3) is 24.8. The van der Waals surface area contributed by atoms with Crippen LogP contribution in [0.2, 0.25) is 20.2 Å². The molecule has 3 saturated carbocycles. The van der Waals surface area contributed by atoms with Gasteiger partial charge in [-0.3, -0.25) is 19.7 Å². The normalized spacial score (nSPS) is 19.2. The van der Waals surface area contributed by atoms with Gasteiger partial charge in [-0.25, -0.2) is 52.6 Å². The molecule has 6 fully saturated rings. The van der Waals surface area contributed by atoms with Crippen molar-refractivity contribution in [3.63, 3.8) is 0 Å². The Morgan fingerprint density at radius 2 is 0.742 bits per heavy atom. The predicted octanol–water partition coefficient (Wildman–Crippen LogP) is 23.7. The summed E-state index contributed by atoms with van der Waals surface area (Å²) in [6, 6.07) is 10.5. The Hall–Kier alpha value is -8.27. The van der Waals surface area contributed by atoms with E-state index in [-0.39, 0.29) is 116 Å². The van der Waals surface area contributed by atoms with Crippen LogP contribution in [0.3, 0.4) is 0 Å². The van der Waals surface area contributed by atoms with Gasteiger partial charge in [0.1, 0.15) is 33.8 Å². The summed E-state index contributed by atoms with van der Waals surface area (Å²) in [5.41, 5.74) is 7.92. The van der Waals surface area contributed by atoms with Crippen LogP contribution in [0.4, 0.5) is 27.0 Å². The zero-order valence-electron chi connectivity index (χ0n) is 79.2. The first-order valence-corrected chi connectivity index (χ1v) is 54.3. The van der Waals surface area contributed by atoms with E-state index in [9.17, 15) is 28.8 Å². The zero-order valence-corrected chi connectivity index (χ0v) is 86.7. The zero-order chi connectivity index (χ0) is 94.3. The molecule has 0 spiro atoms. The number of nitrogens with zero attached hydrogens (tertiary/aromatic N) is 18. The second-order valence-corrected chi connectivity index (χ2v) is 40.0. The van der Waals surface area contributed by atoms with E-state index in [1.54, 1.807) is 43.6 Å². The number of fused-ring (bicyclic) bond motifs is 3. The van der Waals surface area contributed by atoms with Gasteiger partial charge in [0, 0.05) is 106 Å². The molecule has 0 aromatic carbocycles. The third-order valence-electron chi connectivity index (χ3n) is 25.0. The minimum absolute atomic E-state index is 0. The van der Waals surface area contributed by atoms with Crippen LogP contribution in [0, 0.1) is 27.2 Å². The molecule has 0 N–H and O–H groups in total. The van der Waals surface area contributed by atoms with Gasteiger partial charge >= 0.3 is 59.2 Å². The van der Waals surface area contributed by atoms with Gasteiger partial charge in [0.25, 0.3) is 0 Å². The number of rotatable bonds is 12. The number of hydrogen-bond donors (Lipinski definition) is 0. The average Bonchev–Trinajstić information content (AvgIpc) is 0.743. The molecule has 9 aromatic rings. The molecule has 15 rings (SSSR count). The van der Waals surface area contributed by atoms with Gasteiger partial charge in [-0.2, -0.15) is 27.8 Å². The Morgan fingerprint density at radius 1 is 0.447 bits per heavy atom. The second-order valence-electron chi connectivity index (χ2n) is 38.4. The van der Waals surface area contributed by atoms with Gasteiger partial charge in [0.05, 0.1) is 76.8 Å². The number of piperazine rings is 3. The van der Waals surface area contributed by atoms with Crippen molar-refractivity contribution < 1.29 is 40.2 Å². The van der Waals surface area contributed by atoms with Gasteiger partial charge in [-0.15, -0.1) is 0 Å². The summed E-state index contributed by atoms with van der Waals surface area (Å²) in [6.07, 6.45) is 26.6. The van der Waals surface area contributed by atoms with E-state index in [1.165, 1.54) is 71.9 Å². The van der Waals surface area contributed by atoms with E-state index >= 15 is 0 Å². The fraction of sp³-hybridized carbons (Fsp3) is 0.580. The molecule has 6 atom stereocenters. The first kappa shape index (κ1) is 109. The molecular weight excluding hydrogens is 1870 g/mol. The first-order valence-electron chi connectivity index (χ1n) is 45.8. The maximum absolute atomic E-state index is 14.2. The number of aromatic nitrogens is 12. The van der Waals surface area contributed by atoms with Gasteiger partial charge < -0.3 is 45.3 Å². The molecular formula is C100H141BrCl4N18O8Zn. The van der Waals surface area contributed by atoms with Crippen molar-refractivity contribution in [2.45, 2.75) is 341 Å². The molecule has 6 aliphatic rings. The molecule has 716 valence electrons. The van der Waals surface area contributed by atoms with Gasteiger partial charge in [-0.05, 0) is 206 Å². The minimum atomic E-state index is -0.597. The van der Waals surface area contributed by atoms with Crippen molar-refractivity contribution >= 4 is 129 Å². The van der Waals surface area contributed by atoms with Crippen LogP contribution >= 0.6 is 60.0 Å². The SMILES string of the molecule is C.C.C.C=CC(=O)N1C[C@H](C)N(c2nc(=O)n(-c3c(C)ccnc3C(C)C)c3nc(C4CCCCC4)c(Cl)cc23)C[C@H]1C.Cc1ccnc(C(C)C)c1-n1c(=O)nc(N2C[C@@H](C)N(C(=O)OC(C)(C)C)C[C@@H]2C)c2cc(Cl)c(C3CCCCC3)nc21.Cc1ccnc(C(C)C)c1-n1c(=O)nc(N2C[C@@H](C)N(C(=O)OC(C)(C)C)C[C@@H]2C)c2cc(Cl)c(Cl)nc21.[CH-]1CCCCC1.[Zn+][Br]. The molecule has 12 heterocycles. The van der Waals surface area contributed by atoms with Crippen LogP contribution in [0.15, 0.2) is 82.0 Å². The van der Waals surface area contributed by atoms with Crippen LogP contribution < -0.4 is 31.8 Å². The van der Waals surface area contributed by atoms with E-state index in [0.29, 0.717) is 100 Å². The molecule has 0 radical (unpaired) electrons. The van der Waals surface area contributed by atoms with Crippen molar-refractivity contribution in [3.05, 3.63) is 171 Å². The molecule has 32 heteroatoms. The molecule has 3 amide bonds. The van der Waals surface area contributed by atoms with Gasteiger partial charge in [-0.1, -0.05) is 175 Å². The number of ether oxygens (including phenoxy) is 2. The quantitative estimate of drug-likeness (QED) is 0.0476. The number of carbonyl (C=O) groups is 3. The van der Waals surface area contributed by atoms with E-state index < -0.39 is 28.3 Å². The van der Waals surface area contributed by atoms with Crippen molar-refractivity contribution in [2.75, 3.05) is 54.0 Å². The summed E-state index contributed by atoms with van der Waals surface area (Å²) in [5.74, 6) is 2.19. The number of halogens is 5. The molecule has 26 nitrogen and oxygen atoms in total. The molecule has 3 aliphatic carbocycles. The predicted molar refractivity (Wildman–Crippen MR) is 540 cm³/mol. The second kappa shape index (κ2) is 47.0. The number of carbonyl (C=O) groups excluding carboxylic acids is 3. The Labute approximate surface area is 819 Å². The Morgan fingerprint density at radius 3 is 1.03 bits per heavy atom. The Kier molecular flexibility index (Phi) is 38.8. The number of hydrogen-bond acceptors (Lipinski definition) is 20. The average molecular weight is 2010 g/mol. The van der Waals surface area contributed by atoms with Crippen molar-refractivity contribution in [1.29, 1.82) is 0 Å². The van der Waals surface area contributed by atoms with E-state index in [1.807, 2.05) is 158 Å². The summed E-state index contributed by atoms with van der Waals surface area (Å²) in [7, 11) is 0. The summed E-state index contributed by atoms with van der Waals surface area (Å²) >= 11 is 31.0. The number of anilines is 3. The molecule has 0 bridgehead atoms. The molecule has 3 aliphatic heterocycles. The monoisotopic (exact) mass is 2000 g/mol. The molecule has 0 unspecified atom stereocenters. The number of aryl methyl sites for hydroxylation is 3. The van der Waals surface area contributed by atoms with Crippen LogP contribution in [0.5, 0.6) is 0 Å². The van der Waals surface area contributed by atoms with E-state index in [0.717, 1.165) is 113 Å². The standard InChI is InChI=1S/C33H45ClN6O3.C31H39ClN6O2.C27H34Cl2N6O3.C6H11.3CH4.BrH.Zn/c1-19(2)26-28(20(3)14-15-35-26)40-30-24(16-25(34)27(36-30)23-12-10-9-11-13-23)29(37-31(40)41)38-17-22(5)39(18-21(38)4)32(42)43-33(6,7)8;1-7-25(39)36-16-21(6)37(17-20(36)5)29-23-15-24(32)27(22-11-9-8-10-12-22)34-30(23)38(31(40)35-29)28-19(4)13-14-33-26(28)18(2)3;1-14(2)20-21(15(3)9-10-30-20)35-24-18(11-19(28)22(29)31-24)23(32-25(35)36)33-12-17(5)34(13-16(33)4)26(37)38-27(6,7)8;1-2-4-6-5-3-1;;;;;/h14-16,19,21-23H,9-13,17-18H2,1-8H3;7,13-15,18,20-22H,1,8-12,16-17H2,2-6H3;9-11,14,16-17H,12-13H2,1-8H3;1H,2-6H2;3*1H4;1H;/q;;;-1;;;;;+2/p-1/t21-,22+;20-,21+;16-,17+;;;;;;/m010....../s1. The van der Waals surface area contributed by atoms with Crippen LogP contribution in [-0.2, 0) is 30.6 Å². The van der Waals surface area contributed by atoms with E-state index in [2.05, 4.69) is 94.0 Å². The summed E-state index contributed by atoms with van der Waals surface area (Å²) < 4.78 is 16.1. The Balaban J connectivity index is 0.000000231. The number of pyridine rings is 6. The van der Waals surface area contributed by atoms with Gasteiger partial charge in [0.15, 0.2) is 16.9 Å². The fourth-order valence-corrected chi connectivity index (χ4v) is 19.4. The van der Waals surface area contributed by atoms with Crippen LogP contribution in [0.1, 0.15) is 318 Å². The summed E-state index contributed by atoms with van der Waals surface area (Å²) in [4.78, 5) is 135. The molecule has 3 saturated heterocycles. The van der Waals surface area contributed by atoms with Crippen molar-refractivity contribution in [3.8, 4) is 17.1 Å². The number of amides is 3. The summed E-state index contributed by atoms with van der Waals surface area (Å²) in [5, 5.41) is 3.59. The van der Waals surface area contributed by atoms with Crippen LogP contribution in [0.25, 0.3) is 50.2 Å². The molecule has 9 aromatic heterocycles. The first-order chi connectivity index (χ1) is 61.1. The van der Waals surface area contributed by atoms with Crippen LogP contribution in [-0.4, -0.2) is 178 Å². The fourth-order valence-electron chi connectivity index (χ4n) is 18.5. The van der Waals surface area contributed by atoms with Gasteiger partial charge in [0.2, 0.25) is 5.91 Å². The maximum atomic E-state index is 14.2. The van der Waals surface area contributed by atoms with Crippen molar-refractivity contribution in [2.24, 2.45) is 0 Å². The Bertz CT molecular complexity index is 5730. The van der Waals surface area contributed by atoms with E-state index in [4.69, 9.17) is 70.8 Å². The summed E-state index contributed by atoms with van der Waals surface area (Å²) in [6.45, 7) is 47.8.